The van der Waals surface area contributed by atoms with E-state index in [1.165, 1.54) is 0 Å². The Morgan fingerprint density at radius 1 is 1.19 bits per heavy atom. The number of hydrogen-bond donors (Lipinski definition) is 3. The van der Waals surface area contributed by atoms with Crippen molar-refractivity contribution in [3.8, 4) is 5.75 Å². The summed E-state index contributed by atoms with van der Waals surface area (Å²) in [4.78, 5) is 24.9. The van der Waals surface area contributed by atoms with Crippen molar-refractivity contribution in [1.29, 1.82) is 0 Å². The molecule has 3 N–H and O–H groups in total. The van der Waals surface area contributed by atoms with E-state index in [1.54, 1.807) is 7.05 Å². The zero-order valence-corrected chi connectivity index (χ0v) is 15.7. The zero-order chi connectivity index (χ0) is 19.0. The summed E-state index contributed by atoms with van der Waals surface area (Å²) >= 11 is 0. The monoisotopic (exact) mass is 373 g/mol. The molecule has 3 aliphatic heterocycles. The topological polar surface area (TPSA) is 88.7 Å². The van der Waals surface area contributed by atoms with E-state index in [2.05, 4.69) is 16.0 Å². The average molecular weight is 373 g/mol. The van der Waals surface area contributed by atoms with Crippen molar-refractivity contribution in [3.05, 3.63) is 30.3 Å². The van der Waals surface area contributed by atoms with Gasteiger partial charge < -0.3 is 25.4 Å². The fourth-order valence-electron chi connectivity index (χ4n) is 5.11. The molecule has 1 aromatic carbocycles. The van der Waals surface area contributed by atoms with Crippen LogP contribution in [0.15, 0.2) is 30.3 Å². The van der Waals surface area contributed by atoms with Crippen molar-refractivity contribution < 1.29 is 19.1 Å². The summed E-state index contributed by atoms with van der Waals surface area (Å²) in [5, 5.41) is 9.11. The van der Waals surface area contributed by atoms with E-state index in [1.807, 2.05) is 30.3 Å². The maximum Gasteiger partial charge on any atom is 0.258 e. The van der Waals surface area contributed by atoms with Crippen LogP contribution in [-0.2, 0) is 14.3 Å². The third-order valence-corrected chi connectivity index (χ3v) is 6.33. The molecule has 27 heavy (non-hydrogen) atoms. The molecule has 1 spiro atoms. The molecule has 4 aliphatic rings. The maximum atomic E-state index is 12.7. The minimum Gasteiger partial charge on any atom is -0.484 e. The largest absolute Gasteiger partial charge is 0.484 e. The Bertz CT molecular complexity index is 709. The molecule has 5 rings (SSSR count). The fourth-order valence-corrected chi connectivity index (χ4v) is 5.11. The molecule has 0 radical (unpaired) electrons. The molecule has 1 saturated carbocycles. The first-order valence-corrected chi connectivity index (χ1v) is 9.61. The van der Waals surface area contributed by atoms with Crippen LogP contribution in [0.25, 0.3) is 0 Å². The van der Waals surface area contributed by atoms with Gasteiger partial charge in [0.05, 0.1) is 16.6 Å². The summed E-state index contributed by atoms with van der Waals surface area (Å²) in [6.07, 6.45) is 2.99. The lowest BCUT2D eigenvalue weighted by Crippen LogP contribution is -2.61. The molecule has 7 heteroatoms. The molecule has 0 atom stereocenters. The van der Waals surface area contributed by atoms with E-state index in [0.29, 0.717) is 25.1 Å². The predicted octanol–water partition coefficient (Wildman–Crippen LogP) is 0.599. The third kappa shape index (κ3) is 2.99. The second kappa shape index (κ2) is 6.80. The van der Waals surface area contributed by atoms with Crippen LogP contribution < -0.4 is 20.7 Å². The van der Waals surface area contributed by atoms with Crippen molar-refractivity contribution >= 4 is 11.8 Å². The van der Waals surface area contributed by atoms with Crippen molar-refractivity contribution in [2.45, 2.75) is 36.9 Å². The van der Waals surface area contributed by atoms with Crippen LogP contribution >= 0.6 is 0 Å². The number of hydrogen-bond acceptors (Lipinski definition) is 5. The van der Waals surface area contributed by atoms with Gasteiger partial charge in [0.1, 0.15) is 5.75 Å². The van der Waals surface area contributed by atoms with Crippen LogP contribution in [0.4, 0.5) is 0 Å². The van der Waals surface area contributed by atoms with E-state index < -0.39 is 16.6 Å². The van der Waals surface area contributed by atoms with Gasteiger partial charge in [-0.3, -0.25) is 9.59 Å². The average Bonchev–Trinajstić information content (AvgIpc) is 3.09. The first-order chi connectivity index (χ1) is 13.0. The van der Waals surface area contributed by atoms with Crippen LogP contribution in [0.3, 0.4) is 0 Å². The highest BCUT2D eigenvalue weighted by molar-refractivity contribution is 5.86. The quantitative estimate of drug-likeness (QED) is 0.680. The second-order valence-electron chi connectivity index (χ2n) is 7.92. The minimum atomic E-state index is -0.463. The molecule has 7 nitrogen and oxygen atoms in total. The van der Waals surface area contributed by atoms with Crippen LogP contribution in [0, 0.1) is 5.41 Å². The molecule has 2 amide bonds. The van der Waals surface area contributed by atoms with Gasteiger partial charge in [-0.1, -0.05) is 18.2 Å². The summed E-state index contributed by atoms with van der Waals surface area (Å²) in [6, 6.07) is 9.26. The van der Waals surface area contributed by atoms with Crippen molar-refractivity contribution in [3.63, 3.8) is 0 Å². The Labute approximate surface area is 159 Å². The van der Waals surface area contributed by atoms with Crippen LogP contribution in [0.2, 0.25) is 0 Å². The first-order valence-electron chi connectivity index (χ1n) is 9.61. The van der Waals surface area contributed by atoms with Gasteiger partial charge in [-0.2, -0.15) is 0 Å². The Kier molecular flexibility index (Phi) is 4.60. The highest BCUT2D eigenvalue weighted by atomic mass is 16.5. The SMILES string of the molecule is CNC(=O)C12CC(CNC(=O)COc3ccccc3)(C1)OC21CCNCC1. The number of para-hydroxylation sites is 1. The molecule has 0 unspecified atom stereocenters. The molecule has 1 aliphatic carbocycles. The number of carbonyl (C=O) groups excluding carboxylic acids is 2. The van der Waals surface area contributed by atoms with E-state index in [4.69, 9.17) is 9.47 Å². The van der Waals surface area contributed by atoms with E-state index >= 15 is 0 Å². The maximum absolute atomic E-state index is 12.7. The third-order valence-electron chi connectivity index (χ3n) is 6.33. The molecule has 4 fully saturated rings. The van der Waals surface area contributed by atoms with Crippen molar-refractivity contribution in [2.75, 3.05) is 33.3 Å². The summed E-state index contributed by atoms with van der Waals surface area (Å²) in [6.45, 7) is 2.09. The molecule has 3 heterocycles. The Balaban J connectivity index is 1.36. The summed E-state index contributed by atoms with van der Waals surface area (Å²) in [5.74, 6) is 0.552. The summed E-state index contributed by atoms with van der Waals surface area (Å²) in [5.41, 5.74) is -1.31. The van der Waals surface area contributed by atoms with E-state index in [-0.39, 0.29) is 18.4 Å². The van der Waals surface area contributed by atoms with Gasteiger partial charge in [-0.05, 0) is 50.9 Å². The molecule has 1 aromatic rings. The number of amides is 2. The van der Waals surface area contributed by atoms with Crippen molar-refractivity contribution in [1.82, 2.24) is 16.0 Å². The molecule has 146 valence electrons. The summed E-state index contributed by atoms with van der Waals surface area (Å²) < 4.78 is 12.0. The second-order valence-corrected chi connectivity index (χ2v) is 7.92. The van der Waals surface area contributed by atoms with Crippen LogP contribution in [0.1, 0.15) is 25.7 Å². The highest BCUT2D eigenvalue weighted by Gasteiger charge is 2.77. The Morgan fingerprint density at radius 2 is 1.89 bits per heavy atom. The predicted molar refractivity (Wildman–Crippen MR) is 99.3 cm³/mol. The fraction of sp³-hybridized carbons (Fsp3) is 0.600. The highest BCUT2D eigenvalue weighted by Crippen LogP contribution is 2.68. The lowest BCUT2D eigenvalue weighted by molar-refractivity contribution is -0.140. The lowest BCUT2D eigenvalue weighted by atomic mass is 9.53. The molecule has 2 bridgehead atoms. The smallest absolute Gasteiger partial charge is 0.258 e. The van der Waals surface area contributed by atoms with Gasteiger partial charge in [0, 0.05) is 13.6 Å². The molecular formula is C20H27N3O4. The van der Waals surface area contributed by atoms with E-state index in [9.17, 15) is 9.59 Å². The minimum absolute atomic E-state index is 0.0320. The number of rotatable bonds is 6. The Morgan fingerprint density at radius 3 is 2.56 bits per heavy atom. The van der Waals surface area contributed by atoms with Gasteiger partial charge in [-0.25, -0.2) is 0 Å². The van der Waals surface area contributed by atoms with Crippen LogP contribution in [-0.4, -0.2) is 56.3 Å². The summed E-state index contributed by atoms with van der Waals surface area (Å²) in [7, 11) is 1.69. The van der Waals surface area contributed by atoms with Gasteiger partial charge in [-0.15, -0.1) is 0 Å². The van der Waals surface area contributed by atoms with Gasteiger partial charge in [0.15, 0.2) is 6.61 Å². The normalized spacial score (nSPS) is 30.4. The zero-order valence-electron chi connectivity index (χ0n) is 15.7. The molecule has 3 saturated heterocycles. The number of nitrogens with one attached hydrogen (secondary N) is 3. The number of carbonyl (C=O) groups is 2. The lowest BCUT2D eigenvalue weighted by Gasteiger charge is -2.47. The van der Waals surface area contributed by atoms with Crippen LogP contribution in [0.5, 0.6) is 5.75 Å². The number of ether oxygens (including phenoxy) is 2. The van der Waals surface area contributed by atoms with Gasteiger partial charge in [0.2, 0.25) is 5.91 Å². The van der Waals surface area contributed by atoms with Crippen molar-refractivity contribution in [2.24, 2.45) is 5.41 Å². The number of benzene rings is 1. The van der Waals surface area contributed by atoms with Gasteiger partial charge in [0.25, 0.3) is 5.91 Å². The Hall–Kier alpha value is -2.12. The standard InChI is InChI=1S/C20H27N3O4/c1-21-17(25)19-12-18(13-19,27-20(19)7-9-22-10-8-20)14-23-16(24)11-26-15-5-3-2-4-6-15/h2-6,22H,7-14H2,1H3,(H,21,25)(H,23,24). The van der Waals surface area contributed by atoms with Gasteiger partial charge >= 0.3 is 0 Å². The first kappa shape index (κ1) is 18.3. The number of piperidine rings is 1. The van der Waals surface area contributed by atoms with E-state index in [0.717, 1.165) is 25.9 Å². The molecule has 0 aromatic heterocycles. The molecular weight excluding hydrogens is 346 g/mol.